The van der Waals surface area contributed by atoms with Crippen molar-refractivity contribution in [1.82, 2.24) is 15.1 Å². The Hall–Kier alpha value is -2.68. The van der Waals surface area contributed by atoms with Crippen LogP contribution in [-0.2, 0) is 4.74 Å². The number of hydrogen-bond acceptors (Lipinski definition) is 7. The zero-order chi connectivity index (χ0) is 21.4. The second kappa shape index (κ2) is 10.8. The Labute approximate surface area is 171 Å². The van der Waals surface area contributed by atoms with Crippen LogP contribution in [0, 0.1) is 0 Å². The average molecular weight is 409 g/mol. The minimum atomic E-state index is -0.374. The Balaban J connectivity index is 2.20. The van der Waals surface area contributed by atoms with Gasteiger partial charge in [0.15, 0.2) is 11.5 Å². The summed E-state index contributed by atoms with van der Waals surface area (Å²) in [6, 6.07) is 2.99. The number of rotatable bonds is 8. The predicted molar refractivity (Wildman–Crippen MR) is 108 cm³/mol. The van der Waals surface area contributed by atoms with Crippen LogP contribution in [0.5, 0.6) is 17.2 Å². The summed E-state index contributed by atoms with van der Waals surface area (Å²) >= 11 is 0. The number of ether oxygens (including phenoxy) is 4. The number of nitrogens with zero attached hydrogens (tertiary/aromatic N) is 2. The molecule has 0 spiro atoms. The van der Waals surface area contributed by atoms with Crippen LogP contribution < -0.4 is 19.5 Å². The van der Waals surface area contributed by atoms with Crippen molar-refractivity contribution in [3.8, 4) is 17.2 Å². The molecule has 9 nitrogen and oxygen atoms in total. The van der Waals surface area contributed by atoms with Crippen LogP contribution in [0.25, 0.3) is 0 Å². The predicted octanol–water partition coefficient (Wildman–Crippen LogP) is 1.60. The molecule has 1 unspecified atom stereocenters. The molecule has 1 heterocycles. The van der Waals surface area contributed by atoms with E-state index in [9.17, 15) is 9.59 Å². The quantitative estimate of drug-likeness (QED) is 0.698. The molecule has 0 aromatic heterocycles. The van der Waals surface area contributed by atoms with Gasteiger partial charge in [0.25, 0.3) is 5.91 Å². The van der Waals surface area contributed by atoms with E-state index in [-0.39, 0.29) is 24.6 Å². The molecule has 1 aliphatic rings. The molecule has 1 atom stereocenters. The third-order valence-corrected chi connectivity index (χ3v) is 4.94. The van der Waals surface area contributed by atoms with Crippen LogP contribution in [0.15, 0.2) is 12.1 Å². The van der Waals surface area contributed by atoms with E-state index in [1.165, 1.54) is 21.3 Å². The average Bonchev–Trinajstić information content (AvgIpc) is 2.77. The molecular formula is C20H31N3O6. The third-order valence-electron chi connectivity index (χ3n) is 4.94. The molecule has 162 valence electrons. The van der Waals surface area contributed by atoms with Gasteiger partial charge in [-0.1, -0.05) is 0 Å². The first kappa shape index (κ1) is 22.6. The zero-order valence-electron chi connectivity index (χ0n) is 17.8. The molecule has 0 radical (unpaired) electrons. The van der Waals surface area contributed by atoms with Gasteiger partial charge in [0, 0.05) is 38.3 Å². The minimum Gasteiger partial charge on any atom is -0.493 e. The Morgan fingerprint density at radius 1 is 1.10 bits per heavy atom. The Morgan fingerprint density at radius 3 is 2.24 bits per heavy atom. The molecule has 0 aliphatic carbocycles. The van der Waals surface area contributed by atoms with Gasteiger partial charge in [0.2, 0.25) is 5.75 Å². The third kappa shape index (κ3) is 5.23. The van der Waals surface area contributed by atoms with Crippen molar-refractivity contribution in [3.05, 3.63) is 17.7 Å². The molecular weight excluding hydrogens is 378 g/mol. The second-order valence-electron chi connectivity index (χ2n) is 6.52. The summed E-state index contributed by atoms with van der Waals surface area (Å²) in [7, 11) is 4.52. The van der Waals surface area contributed by atoms with Crippen LogP contribution >= 0.6 is 0 Å². The molecule has 1 aromatic carbocycles. The number of benzene rings is 1. The Kier molecular flexibility index (Phi) is 8.38. The molecule has 2 amide bonds. The maximum Gasteiger partial charge on any atom is 0.409 e. The van der Waals surface area contributed by atoms with Crippen molar-refractivity contribution in [3.63, 3.8) is 0 Å². The van der Waals surface area contributed by atoms with E-state index >= 15 is 0 Å². The van der Waals surface area contributed by atoms with E-state index < -0.39 is 0 Å². The minimum absolute atomic E-state index is 0.124. The monoisotopic (exact) mass is 409 g/mol. The highest BCUT2D eigenvalue weighted by Crippen LogP contribution is 2.38. The second-order valence-corrected chi connectivity index (χ2v) is 6.52. The van der Waals surface area contributed by atoms with Crippen molar-refractivity contribution in [2.24, 2.45) is 0 Å². The normalized spacial score (nSPS) is 16.2. The molecule has 1 N–H and O–H groups in total. The maximum atomic E-state index is 13.2. The summed E-state index contributed by atoms with van der Waals surface area (Å²) in [6.07, 6.45) is -0.374. The first-order valence-corrected chi connectivity index (χ1v) is 9.73. The zero-order valence-corrected chi connectivity index (χ0v) is 17.8. The Morgan fingerprint density at radius 2 is 1.72 bits per heavy atom. The number of hydrogen-bond donors (Lipinski definition) is 1. The lowest BCUT2D eigenvalue weighted by Gasteiger charge is -2.36. The summed E-state index contributed by atoms with van der Waals surface area (Å²) in [5.41, 5.74) is 0.418. The van der Waals surface area contributed by atoms with E-state index in [0.717, 1.165) is 0 Å². The van der Waals surface area contributed by atoms with Gasteiger partial charge in [-0.2, -0.15) is 0 Å². The molecule has 1 saturated heterocycles. The van der Waals surface area contributed by atoms with E-state index in [4.69, 9.17) is 18.9 Å². The highest BCUT2D eigenvalue weighted by atomic mass is 16.6. The van der Waals surface area contributed by atoms with Gasteiger partial charge < -0.3 is 34.1 Å². The highest BCUT2D eigenvalue weighted by molar-refractivity contribution is 5.96. The van der Waals surface area contributed by atoms with Crippen LogP contribution in [0.2, 0.25) is 0 Å². The van der Waals surface area contributed by atoms with E-state index in [1.54, 1.807) is 21.9 Å². The summed E-state index contributed by atoms with van der Waals surface area (Å²) in [5, 5.41) is 3.25. The number of piperazine rings is 1. The highest BCUT2D eigenvalue weighted by Gasteiger charge is 2.30. The number of nitrogens with one attached hydrogen (secondary N) is 1. The smallest absolute Gasteiger partial charge is 0.409 e. The SMILES string of the molecule is CCN(CC)C(=O)OCC1CNCCN1C(=O)c1cc(OC)c(OC)c(OC)c1. The van der Waals surface area contributed by atoms with Gasteiger partial charge in [-0.3, -0.25) is 4.79 Å². The number of carbonyl (C=O) groups excluding carboxylic acids is 2. The lowest BCUT2D eigenvalue weighted by Crippen LogP contribution is -2.56. The Bertz CT molecular complexity index is 682. The molecule has 0 bridgehead atoms. The standard InChI is InChI=1S/C20H31N3O6/c1-6-22(7-2)20(25)29-13-15-12-21-8-9-23(15)19(24)14-10-16(26-3)18(28-5)17(11-14)27-4/h10-11,15,21H,6-9,12-13H2,1-5H3. The van der Waals surface area contributed by atoms with Gasteiger partial charge >= 0.3 is 6.09 Å². The van der Waals surface area contributed by atoms with Crippen molar-refractivity contribution in [1.29, 1.82) is 0 Å². The largest absolute Gasteiger partial charge is 0.493 e. The molecule has 1 fully saturated rings. The summed E-state index contributed by atoms with van der Waals surface area (Å²) in [6.45, 7) is 6.78. The fraction of sp³-hybridized carbons (Fsp3) is 0.600. The first-order valence-electron chi connectivity index (χ1n) is 9.73. The van der Waals surface area contributed by atoms with Crippen molar-refractivity contribution in [2.45, 2.75) is 19.9 Å². The van der Waals surface area contributed by atoms with Gasteiger partial charge in [0.1, 0.15) is 6.61 Å². The summed E-state index contributed by atoms with van der Waals surface area (Å²) in [5.74, 6) is 1.07. The van der Waals surface area contributed by atoms with Crippen LogP contribution in [0.1, 0.15) is 24.2 Å². The molecule has 2 rings (SSSR count). The lowest BCUT2D eigenvalue weighted by molar-refractivity contribution is 0.0419. The van der Waals surface area contributed by atoms with Gasteiger partial charge in [-0.05, 0) is 26.0 Å². The van der Waals surface area contributed by atoms with E-state index in [1.807, 2.05) is 13.8 Å². The number of carbonyl (C=O) groups is 2. The molecule has 1 aliphatic heterocycles. The maximum absolute atomic E-state index is 13.2. The fourth-order valence-electron chi connectivity index (χ4n) is 3.29. The topological polar surface area (TPSA) is 89.6 Å². The fourth-order valence-corrected chi connectivity index (χ4v) is 3.29. The van der Waals surface area contributed by atoms with Crippen molar-refractivity contribution >= 4 is 12.0 Å². The summed E-state index contributed by atoms with van der Waals surface area (Å²) in [4.78, 5) is 28.7. The van der Waals surface area contributed by atoms with E-state index in [2.05, 4.69) is 5.32 Å². The lowest BCUT2D eigenvalue weighted by atomic mass is 10.1. The van der Waals surface area contributed by atoms with Gasteiger partial charge in [-0.15, -0.1) is 0 Å². The molecule has 0 saturated carbocycles. The van der Waals surface area contributed by atoms with Crippen molar-refractivity contribution < 1.29 is 28.5 Å². The van der Waals surface area contributed by atoms with Gasteiger partial charge in [0.05, 0.1) is 27.4 Å². The van der Waals surface area contributed by atoms with Crippen LogP contribution in [0.3, 0.4) is 0 Å². The van der Waals surface area contributed by atoms with Crippen molar-refractivity contribution in [2.75, 3.05) is 60.7 Å². The van der Waals surface area contributed by atoms with E-state index in [0.29, 0.717) is 55.5 Å². The van der Waals surface area contributed by atoms with Gasteiger partial charge in [-0.25, -0.2) is 4.79 Å². The number of amides is 2. The number of methoxy groups -OCH3 is 3. The van der Waals surface area contributed by atoms with Crippen LogP contribution in [0.4, 0.5) is 4.79 Å². The summed E-state index contributed by atoms with van der Waals surface area (Å²) < 4.78 is 21.5. The molecule has 29 heavy (non-hydrogen) atoms. The first-order chi connectivity index (χ1) is 14.0. The molecule has 9 heteroatoms. The van der Waals surface area contributed by atoms with Crippen LogP contribution in [-0.4, -0.2) is 88.5 Å². The molecule has 1 aromatic rings.